The summed E-state index contributed by atoms with van der Waals surface area (Å²) in [6.07, 6.45) is -4.99. The van der Waals surface area contributed by atoms with Crippen molar-refractivity contribution in [3.63, 3.8) is 0 Å². The van der Waals surface area contributed by atoms with Crippen molar-refractivity contribution < 1.29 is 34.8 Å². The number of hydrogen-bond acceptors (Lipinski definition) is 4. The van der Waals surface area contributed by atoms with Crippen LogP contribution in [0.2, 0.25) is 0 Å². The molecule has 2 N–H and O–H groups in total. The van der Waals surface area contributed by atoms with Crippen LogP contribution in [0.5, 0.6) is 0 Å². The lowest BCUT2D eigenvalue weighted by Crippen LogP contribution is -2.12. The molecule has 13 heteroatoms. The van der Waals surface area contributed by atoms with E-state index < -0.39 is 50.9 Å². The van der Waals surface area contributed by atoms with Crippen LogP contribution in [0.1, 0.15) is 5.82 Å². The average Bonchev–Trinajstić information content (AvgIpc) is 3.04. The molecule has 148 valence electrons. The van der Waals surface area contributed by atoms with Crippen LogP contribution < -0.4 is 5.14 Å². The van der Waals surface area contributed by atoms with E-state index >= 15 is 0 Å². The predicted molar refractivity (Wildman–Crippen MR) is 83.0 cm³/mol. The highest BCUT2D eigenvalue weighted by Gasteiger charge is 2.37. The first-order chi connectivity index (χ1) is 12.9. The Balaban J connectivity index is 2.22. The molecular formula is C15H8F6N4O2S. The van der Waals surface area contributed by atoms with E-state index in [9.17, 15) is 34.8 Å². The van der Waals surface area contributed by atoms with Crippen LogP contribution in [0, 0.1) is 17.5 Å². The number of benzene rings is 2. The highest BCUT2D eigenvalue weighted by Crippen LogP contribution is 2.31. The largest absolute Gasteiger partial charge is 0.453 e. The maximum Gasteiger partial charge on any atom is 0.453 e. The smallest absolute Gasteiger partial charge is 0.225 e. The van der Waals surface area contributed by atoms with E-state index in [1.807, 2.05) is 0 Å². The minimum atomic E-state index is -4.99. The molecule has 0 aliphatic carbocycles. The van der Waals surface area contributed by atoms with Crippen LogP contribution >= 0.6 is 0 Å². The molecule has 3 aromatic rings. The summed E-state index contributed by atoms with van der Waals surface area (Å²) in [5.74, 6) is -7.34. The second-order valence-electron chi connectivity index (χ2n) is 5.46. The summed E-state index contributed by atoms with van der Waals surface area (Å²) in [4.78, 5) is 2.91. The van der Waals surface area contributed by atoms with Gasteiger partial charge < -0.3 is 0 Å². The Labute approximate surface area is 153 Å². The summed E-state index contributed by atoms with van der Waals surface area (Å²) < 4.78 is 102. The quantitative estimate of drug-likeness (QED) is 0.519. The third kappa shape index (κ3) is 3.71. The molecule has 0 amide bonds. The van der Waals surface area contributed by atoms with Gasteiger partial charge in [-0.1, -0.05) is 0 Å². The number of nitrogens with zero attached hydrogens (tertiary/aromatic N) is 3. The standard InChI is InChI=1S/C15H8F6N4O2S/c16-10-5-7(6-11(17)12(10)18)13-23-14(15(19,20)21)24-25(13)8-1-3-9(4-2-8)28(22,26)27/h1-6H,(H2,22,26,27). The van der Waals surface area contributed by atoms with Crippen molar-refractivity contribution in [2.75, 3.05) is 0 Å². The van der Waals surface area contributed by atoms with E-state index in [4.69, 9.17) is 5.14 Å². The summed E-state index contributed by atoms with van der Waals surface area (Å²) in [6, 6.07) is 5.03. The molecule has 0 radical (unpaired) electrons. The van der Waals surface area contributed by atoms with Gasteiger partial charge >= 0.3 is 6.18 Å². The van der Waals surface area contributed by atoms with Crippen LogP contribution in [0.25, 0.3) is 17.1 Å². The number of aromatic nitrogens is 3. The second-order valence-corrected chi connectivity index (χ2v) is 7.02. The molecule has 0 unspecified atom stereocenters. The Hall–Kier alpha value is -2.93. The number of halogens is 6. The van der Waals surface area contributed by atoms with Crippen LogP contribution in [-0.4, -0.2) is 23.2 Å². The maximum atomic E-state index is 13.5. The fourth-order valence-corrected chi connectivity index (χ4v) is 2.78. The van der Waals surface area contributed by atoms with E-state index in [-0.39, 0.29) is 10.6 Å². The highest BCUT2D eigenvalue weighted by atomic mass is 32.2. The van der Waals surface area contributed by atoms with Gasteiger partial charge in [-0.3, -0.25) is 0 Å². The average molecular weight is 422 g/mol. The number of primary sulfonamides is 1. The van der Waals surface area contributed by atoms with Gasteiger partial charge in [-0.15, -0.1) is 5.10 Å². The van der Waals surface area contributed by atoms with Gasteiger partial charge in [-0.05, 0) is 36.4 Å². The molecule has 2 aromatic carbocycles. The third-order valence-electron chi connectivity index (χ3n) is 3.51. The molecular weight excluding hydrogens is 414 g/mol. The van der Waals surface area contributed by atoms with Crippen molar-refractivity contribution in [2.45, 2.75) is 11.1 Å². The molecule has 3 rings (SSSR count). The summed E-state index contributed by atoms with van der Waals surface area (Å²) in [5.41, 5.74) is -0.634. The van der Waals surface area contributed by atoms with Crippen molar-refractivity contribution in [1.29, 1.82) is 0 Å². The Morgan fingerprint density at radius 3 is 1.96 bits per heavy atom. The zero-order chi connectivity index (χ0) is 20.9. The molecule has 1 aromatic heterocycles. The Bertz CT molecular complexity index is 1130. The van der Waals surface area contributed by atoms with Gasteiger partial charge in [0.25, 0.3) is 5.82 Å². The maximum absolute atomic E-state index is 13.5. The minimum Gasteiger partial charge on any atom is -0.225 e. The van der Waals surface area contributed by atoms with Crippen molar-refractivity contribution in [3.8, 4) is 17.1 Å². The summed E-state index contributed by atoms with van der Waals surface area (Å²) in [6.45, 7) is 0. The minimum absolute atomic E-state index is 0.115. The normalized spacial score (nSPS) is 12.4. The van der Waals surface area contributed by atoms with Crippen LogP contribution in [-0.2, 0) is 16.2 Å². The lowest BCUT2D eigenvalue weighted by atomic mass is 10.2. The fourth-order valence-electron chi connectivity index (χ4n) is 2.26. The van der Waals surface area contributed by atoms with Crippen molar-refractivity contribution >= 4 is 10.0 Å². The predicted octanol–water partition coefficient (Wildman–Crippen LogP) is 3.02. The van der Waals surface area contributed by atoms with Gasteiger partial charge in [-0.25, -0.2) is 36.4 Å². The molecule has 0 bridgehead atoms. The molecule has 28 heavy (non-hydrogen) atoms. The third-order valence-corrected chi connectivity index (χ3v) is 4.44. The molecule has 0 aliphatic heterocycles. The molecule has 0 spiro atoms. The van der Waals surface area contributed by atoms with Gasteiger partial charge in [0.1, 0.15) is 0 Å². The Morgan fingerprint density at radius 2 is 1.50 bits per heavy atom. The fraction of sp³-hybridized carbons (Fsp3) is 0.0667. The lowest BCUT2D eigenvalue weighted by Gasteiger charge is -2.07. The number of alkyl halides is 3. The molecule has 0 saturated carbocycles. The van der Waals surface area contributed by atoms with Crippen LogP contribution in [0.15, 0.2) is 41.3 Å². The first-order valence-corrected chi connectivity index (χ1v) is 8.75. The van der Waals surface area contributed by atoms with Crippen LogP contribution in [0.4, 0.5) is 26.3 Å². The van der Waals surface area contributed by atoms with Gasteiger partial charge in [-0.2, -0.15) is 13.2 Å². The van der Waals surface area contributed by atoms with Crippen molar-refractivity contribution in [2.24, 2.45) is 5.14 Å². The summed E-state index contributed by atoms with van der Waals surface area (Å²) in [5, 5.41) is 8.21. The molecule has 0 aliphatic rings. The first kappa shape index (κ1) is 19.8. The molecule has 0 fully saturated rings. The second kappa shape index (κ2) is 6.60. The van der Waals surface area contributed by atoms with Gasteiger partial charge in [0.05, 0.1) is 10.6 Å². The summed E-state index contributed by atoms with van der Waals surface area (Å²) in [7, 11) is -4.06. The Kier molecular flexibility index (Phi) is 4.67. The summed E-state index contributed by atoms with van der Waals surface area (Å²) >= 11 is 0. The van der Waals surface area contributed by atoms with Crippen molar-refractivity contribution in [3.05, 3.63) is 59.7 Å². The van der Waals surface area contributed by atoms with E-state index in [1.165, 1.54) is 0 Å². The lowest BCUT2D eigenvalue weighted by molar-refractivity contribution is -0.144. The SMILES string of the molecule is NS(=O)(=O)c1ccc(-n2nc(C(F)(F)F)nc2-c2cc(F)c(F)c(F)c2)cc1. The van der Waals surface area contributed by atoms with Crippen molar-refractivity contribution in [1.82, 2.24) is 14.8 Å². The number of nitrogens with two attached hydrogens (primary N) is 1. The zero-order valence-corrected chi connectivity index (χ0v) is 14.2. The topological polar surface area (TPSA) is 90.9 Å². The van der Waals surface area contributed by atoms with E-state index in [0.29, 0.717) is 16.8 Å². The molecule has 0 atom stereocenters. The highest BCUT2D eigenvalue weighted by molar-refractivity contribution is 7.89. The van der Waals surface area contributed by atoms with Gasteiger partial charge in [0.2, 0.25) is 10.0 Å². The zero-order valence-electron chi connectivity index (χ0n) is 13.4. The van der Waals surface area contributed by atoms with E-state index in [0.717, 1.165) is 24.3 Å². The number of hydrogen-bond donors (Lipinski definition) is 1. The Morgan fingerprint density at radius 1 is 0.964 bits per heavy atom. The monoisotopic (exact) mass is 422 g/mol. The van der Waals surface area contributed by atoms with Gasteiger partial charge in [0.15, 0.2) is 23.3 Å². The first-order valence-electron chi connectivity index (χ1n) is 7.20. The molecule has 6 nitrogen and oxygen atoms in total. The van der Waals surface area contributed by atoms with Gasteiger partial charge in [0, 0.05) is 5.56 Å². The number of sulfonamides is 1. The van der Waals surface area contributed by atoms with Crippen LogP contribution in [0.3, 0.4) is 0 Å². The number of rotatable bonds is 3. The van der Waals surface area contributed by atoms with E-state index in [1.54, 1.807) is 0 Å². The molecule has 1 heterocycles. The van der Waals surface area contributed by atoms with E-state index in [2.05, 4.69) is 10.1 Å². The molecule has 0 saturated heterocycles.